The zero-order valence-electron chi connectivity index (χ0n) is 18.6. The van der Waals surface area contributed by atoms with E-state index in [4.69, 9.17) is 4.74 Å². The minimum atomic E-state index is -0.685. The van der Waals surface area contributed by atoms with Crippen molar-refractivity contribution in [2.45, 2.75) is 32.6 Å². The summed E-state index contributed by atoms with van der Waals surface area (Å²) < 4.78 is 5.67. The molecule has 0 spiro atoms. The van der Waals surface area contributed by atoms with Gasteiger partial charge in [-0.2, -0.15) is 0 Å². The highest BCUT2D eigenvalue weighted by Crippen LogP contribution is 2.25. The molecule has 6 nitrogen and oxygen atoms in total. The van der Waals surface area contributed by atoms with Gasteiger partial charge in [0.25, 0.3) is 0 Å². The molecule has 0 radical (unpaired) electrons. The van der Waals surface area contributed by atoms with Crippen LogP contribution in [0, 0.1) is 6.92 Å². The molecular formula is C24H33N3O3. The van der Waals surface area contributed by atoms with Gasteiger partial charge >= 0.3 is 11.8 Å². The van der Waals surface area contributed by atoms with Crippen molar-refractivity contribution in [3.63, 3.8) is 0 Å². The second kappa shape index (κ2) is 10.8. The van der Waals surface area contributed by atoms with E-state index in [1.54, 1.807) is 24.3 Å². The van der Waals surface area contributed by atoms with Gasteiger partial charge in [0, 0.05) is 24.2 Å². The van der Waals surface area contributed by atoms with E-state index in [0.29, 0.717) is 18.8 Å². The summed E-state index contributed by atoms with van der Waals surface area (Å²) in [5, 5.41) is 5.37. The summed E-state index contributed by atoms with van der Waals surface area (Å²) in [6.45, 7) is 8.09. The maximum Gasteiger partial charge on any atom is 0.313 e. The second-order valence-corrected chi connectivity index (χ2v) is 8.37. The van der Waals surface area contributed by atoms with Crippen molar-refractivity contribution in [3.8, 4) is 5.75 Å². The fraction of sp³-hybridized carbons (Fsp3) is 0.417. The van der Waals surface area contributed by atoms with Crippen LogP contribution in [0.3, 0.4) is 0 Å². The Labute approximate surface area is 179 Å². The van der Waals surface area contributed by atoms with Crippen molar-refractivity contribution < 1.29 is 14.3 Å². The molecule has 0 aliphatic heterocycles. The largest absolute Gasteiger partial charge is 0.494 e. The number of ether oxygens (including phenoxy) is 1. The molecule has 2 rings (SSSR count). The predicted octanol–water partition coefficient (Wildman–Crippen LogP) is 3.36. The molecule has 2 aromatic rings. The molecule has 2 amide bonds. The summed E-state index contributed by atoms with van der Waals surface area (Å²) in [7, 11) is 4.05. The van der Waals surface area contributed by atoms with Crippen LogP contribution in [0.15, 0.2) is 48.5 Å². The number of hydrogen-bond acceptors (Lipinski definition) is 4. The fourth-order valence-electron chi connectivity index (χ4n) is 3.20. The van der Waals surface area contributed by atoms with E-state index < -0.39 is 11.8 Å². The Kier molecular flexibility index (Phi) is 8.42. The van der Waals surface area contributed by atoms with Gasteiger partial charge in [0.1, 0.15) is 5.75 Å². The minimum Gasteiger partial charge on any atom is -0.494 e. The van der Waals surface area contributed by atoms with E-state index >= 15 is 0 Å². The average Bonchev–Trinajstić information content (AvgIpc) is 2.70. The first kappa shape index (κ1) is 23.4. The zero-order chi connectivity index (χ0) is 22.1. The Morgan fingerprint density at radius 1 is 1.00 bits per heavy atom. The maximum absolute atomic E-state index is 12.3. The summed E-state index contributed by atoms with van der Waals surface area (Å²) in [5.74, 6) is -0.605. The highest BCUT2D eigenvalue weighted by Gasteiger charge is 2.24. The van der Waals surface area contributed by atoms with Gasteiger partial charge in [-0.3, -0.25) is 9.59 Å². The van der Waals surface area contributed by atoms with Crippen LogP contribution in [0.4, 0.5) is 5.69 Å². The Balaban J connectivity index is 1.82. The molecule has 0 aromatic heterocycles. The van der Waals surface area contributed by atoms with Crippen LogP contribution in [-0.2, 0) is 15.0 Å². The molecule has 0 aliphatic carbocycles. The minimum absolute atomic E-state index is 0.285. The Morgan fingerprint density at radius 3 is 2.30 bits per heavy atom. The standard InChI is InChI=1S/C24H33N3O3/c1-18-9-6-7-10-21(18)24(2,3)17-25-22(28)23(29)26-19-11-13-20(14-12-19)30-16-8-15-27(4)5/h6-7,9-14H,8,15-17H2,1-5H3,(H,25,28)(H,26,29). The lowest BCUT2D eigenvalue weighted by atomic mass is 9.82. The van der Waals surface area contributed by atoms with E-state index in [9.17, 15) is 9.59 Å². The third-order valence-electron chi connectivity index (χ3n) is 4.90. The molecule has 162 valence electrons. The lowest BCUT2D eigenvalue weighted by Crippen LogP contribution is -2.42. The molecule has 0 atom stereocenters. The lowest BCUT2D eigenvalue weighted by Gasteiger charge is -2.27. The fourth-order valence-corrected chi connectivity index (χ4v) is 3.20. The number of carbonyl (C=O) groups is 2. The third-order valence-corrected chi connectivity index (χ3v) is 4.90. The highest BCUT2D eigenvalue weighted by atomic mass is 16.5. The van der Waals surface area contributed by atoms with Crippen molar-refractivity contribution in [1.29, 1.82) is 0 Å². The first-order valence-electron chi connectivity index (χ1n) is 10.2. The number of hydrogen-bond donors (Lipinski definition) is 2. The van der Waals surface area contributed by atoms with Gasteiger partial charge in [-0.25, -0.2) is 0 Å². The number of carbonyl (C=O) groups excluding carboxylic acids is 2. The van der Waals surface area contributed by atoms with Crippen LogP contribution in [0.2, 0.25) is 0 Å². The number of benzene rings is 2. The molecule has 2 N–H and O–H groups in total. The molecule has 0 saturated carbocycles. The number of rotatable bonds is 9. The van der Waals surface area contributed by atoms with E-state index in [-0.39, 0.29) is 5.41 Å². The first-order chi connectivity index (χ1) is 14.2. The molecule has 0 bridgehead atoms. The van der Waals surface area contributed by atoms with Gasteiger partial charge in [0.15, 0.2) is 0 Å². The summed E-state index contributed by atoms with van der Waals surface area (Å²) in [6, 6.07) is 15.1. The zero-order valence-corrected chi connectivity index (χ0v) is 18.6. The van der Waals surface area contributed by atoms with Crippen LogP contribution in [0.5, 0.6) is 5.75 Å². The van der Waals surface area contributed by atoms with Crippen molar-refractivity contribution in [1.82, 2.24) is 10.2 Å². The van der Waals surface area contributed by atoms with Crippen LogP contribution in [0.25, 0.3) is 0 Å². The van der Waals surface area contributed by atoms with E-state index in [1.807, 2.05) is 59.1 Å². The van der Waals surface area contributed by atoms with Crippen molar-refractivity contribution in [2.75, 3.05) is 39.1 Å². The van der Waals surface area contributed by atoms with Crippen molar-refractivity contribution in [3.05, 3.63) is 59.7 Å². The Bertz CT molecular complexity index is 845. The van der Waals surface area contributed by atoms with Gasteiger partial charge in [0.2, 0.25) is 0 Å². The summed E-state index contributed by atoms with van der Waals surface area (Å²) in [4.78, 5) is 26.6. The molecule has 2 aromatic carbocycles. The van der Waals surface area contributed by atoms with Gasteiger partial charge < -0.3 is 20.3 Å². The van der Waals surface area contributed by atoms with Crippen LogP contribution >= 0.6 is 0 Å². The predicted molar refractivity (Wildman–Crippen MR) is 121 cm³/mol. The average molecular weight is 412 g/mol. The summed E-state index contributed by atoms with van der Waals surface area (Å²) in [6.07, 6.45) is 0.935. The van der Waals surface area contributed by atoms with E-state index in [0.717, 1.165) is 29.8 Å². The molecule has 0 fully saturated rings. The molecule has 0 unspecified atom stereocenters. The van der Waals surface area contributed by atoms with Crippen molar-refractivity contribution >= 4 is 17.5 Å². The van der Waals surface area contributed by atoms with Crippen LogP contribution in [-0.4, -0.2) is 50.5 Å². The molecule has 6 heteroatoms. The second-order valence-electron chi connectivity index (χ2n) is 8.37. The van der Waals surface area contributed by atoms with Crippen LogP contribution in [0.1, 0.15) is 31.4 Å². The van der Waals surface area contributed by atoms with Gasteiger partial charge in [-0.15, -0.1) is 0 Å². The smallest absolute Gasteiger partial charge is 0.313 e. The highest BCUT2D eigenvalue weighted by molar-refractivity contribution is 6.39. The maximum atomic E-state index is 12.3. The molecule has 0 aliphatic rings. The van der Waals surface area contributed by atoms with Crippen molar-refractivity contribution in [2.24, 2.45) is 0 Å². The summed E-state index contributed by atoms with van der Waals surface area (Å²) in [5.41, 5.74) is 2.57. The monoisotopic (exact) mass is 411 g/mol. The first-order valence-corrected chi connectivity index (χ1v) is 10.2. The SMILES string of the molecule is Cc1ccccc1C(C)(C)CNC(=O)C(=O)Nc1ccc(OCCCN(C)C)cc1. The topological polar surface area (TPSA) is 70.7 Å². The normalized spacial score (nSPS) is 11.3. The van der Waals surface area contributed by atoms with Gasteiger partial charge in [0.05, 0.1) is 6.61 Å². The number of aryl methyl sites for hydroxylation is 1. The number of anilines is 1. The van der Waals surface area contributed by atoms with Gasteiger partial charge in [-0.1, -0.05) is 38.1 Å². The Hall–Kier alpha value is -2.86. The Morgan fingerprint density at radius 2 is 1.67 bits per heavy atom. The molecule has 30 heavy (non-hydrogen) atoms. The van der Waals surface area contributed by atoms with E-state index in [2.05, 4.69) is 15.5 Å². The number of amides is 2. The lowest BCUT2D eigenvalue weighted by molar-refractivity contribution is -0.136. The molecular weight excluding hydrogens is 378 g/mol. The summed E-state index contributed by atoms with van der Waals surface area (Å²) >= 11 is 0. The quantitative estimate of drug-likeness (QED) is 0.490. The van der Waals surface area contributed by atoms with E-state index in [1.165, 1.54) is 0 Å². The third kappa shape index (κ3) is 7.19. The number of nitrogens with one attached hydrogen (secondary N) is 2. The molecule has 0 heterocycles. The van der Waals surface area contributed by atoms with Gasteiger partial charge in [-0.05, 0) is 62.8 Å². The number of nitrogens with zero attached hydrogens (tertiary/aromatic N) is 1. The van der Waals surface area contributed by atoms with Crippen LogP contribution < -0.4 is 15.4 Å². The molecule has 0 saturated heterocycles.